The van der Waals surface area contributed by atoms with Gasteiger partial charge in [-0.15, -0.1) is 0 Å². The minimum absolute atomic E-state index is 0.0167. The fourth-order valence-corrected chi connectivity index (χ4v) is 2.92. The quantitative estimate of drug-likeness (QED) is 0.778. The van der Waals surface area contributed by atoms with Gasteiger partial charge in [-0.05, 0) is 22.6 Å². The summed E-state index contributed by atoms with van der Waals surface area (Å²) in [6.07, 6.45) is -2.16. The molecule has 0 aromatic carbocycles. The summed E-state index contributed by atoms with van der Waals surface area (Å²) in [6.45, 7) is 0. The van der Waals surface area contributed by atoms with Crippen LogP contribution in [-0.2, 0) is 10.0 Å². The van der Waals surface area contributed by atoms with E-state index in [2.05, 4.69) is 4.98 Å². The lowest BCUT2D eigenvalue weighted by molar-refractivity contribution is 0.141. The van der Waals surface area contributed by atoms with Crippen LogP contribution in [0.1, 0.15) is 12.1 Å². The molecule has 1 aromatic rings. The summed E-state index contributed by atoms with van der Waals surface area (Å²) >= 11 is 1.52. The van der Waals surface area contributed by atoms with Crippen molar-refractivity contribution in [3.63, 3.8) is 0 Å². The van der Waals surface area contributed by atoms with E-state index in [-0.39, 0.29) is 3.57 Å². The van der Waals surface area contributed by atoms with Gasteiger partial charge in [0.2, 0.25) is 10.0 Å². The summed E-state index contributed by atoms with van der Waals surface area (Å²) in [5, 5.41) is 14.0. The third kappa shape index (κ3) is 2.52. The molecule has 0 amide bonds. The van der Waals surface area contributed by atoms with Crippen LogP contribution >= 0.6 is 22.6 Å². The number of nitrogens with two attached hydrogens (primary N) is 1. The van der Waals surface area contributed by atoms with E-state index in [1.54, 1.807) is 0 Å². The largest absolute Gasteiger partial charge is 0.504 e. The van der Waals surface area contributed by atoms with Crippen molar-refractivity contribution in [3.05, 3.63) is 15.5 Å². The zero-order valence-corrected chi connectivity index (χ0v) is 9.96. The molecule has 5 nitrogen and oxygen atoms in total. The van der Waals surface area contributed by atoms with Crippen molar-refractivity contribution in [2.75, 3.05) is 0 Å². The van der Waals surface area contributed by atoms with Gasteiger partial charge in [0.05, 0.1) is 3.57 Å². The molecule has 0 aliphatic carbocycles. The molecule has 1 heterocycles. The molecule has 1 rings (SSSR count). The van der Waals surface area contributed by atoms with E-state index < -0.39 is 32.8 Å². The lowest BCUT2D eigenvalue weighted by atomic mass is 10.3. The number of hydrogen-bond acceptors (Lipinski definition) is 4. The molecular weight excluding hydrogens is 345 g/mol. The standard InChI is InChI=1S/C6H5F2IN2O3S/c7-6(8)3-4(12)5(15(10,13)14)2(9)1-11-3/h1,6,12H,(H2,10,13,14). The number of halogens is 3. The molecule has 0 aliphatic rings. The molecule has 0 bridgehead atoms. The van der Waals surface area contributed by atoms with Crippen molar-refractivity contribution in [2.24, 2.45) is 5.14 Å². The van der Waals surface area contributed by atoms with Gasteiger partial charge in [-0.2, -0.15) is 0 Å². The summed E-state index contributed by atoms with van der Waals surface area (Å²) in [5.41, 5.74) is -1.00. The Kier molecular flexibility index (Phi) is 3.45. The average Bonchev–Trinajstić information content (AvgIpc) is 2.00. The van der Waals surface area contributed by atoms with Crippen LogP contribution in [0.5, 0.6) is 5.75 Å². The minimum Gasteiger partial charge on any atom is -0.504 e. The third-order valence-corrected chi connectivity index (χ3v) is 3.65. The normalized spacial score (nSPS) is 12.1. The van der Waals surface area contributed by atoms with Crippen molar-refractivity contribution in [1.82, 2.24) is 4.98 Å². The number of pyridine rings is 1. The zero-order chi connectivity index (χ0) is 11.8. The van der Waals surface area contributed by atoms with Crippen LogP contribution in [0.3, 0.4) is 0 Å². The number of aromatic hydroxyl groups is 1. The van der Waals surface area contributed by atoms with E-state index in [0.29, 0.717) is 0 Å². The highest BCUT2D eigenvalue weighted by Gasteiger charge is 2.25. The first-order chi connectivity index (χ1) is 6.75. The van der Waals surface area contributed by atoms with Gasteiger partial charge in [0.25, 0.3) is 6.43 Å². The van der Waals surface area contributed by atoms with E-state index in [1.165, 1.54) is 22.6 Å². The second-order valence-electron chi connectivity index (χ2n) is 2.51. The Morgan fingerprint density at radius 1 is 1.53 bits per heavy atom. The molecule has 84 valence electrons. The van der Waals surface area contributed by atoms with Crippen LogP contribution in [0.4, 0.5) is 8.78 Å². The van der Waals surface area contributed by atoms with Gasteiger partial charge in [-0.3, -0.25) is 4.98 Å². The zero-order valence-electron chi connectivity index (χ0n) is 6.99. The molecule has 0 saturated carbocycles. The van der Waals surface area contributed by atoms with Gasteiger partial charge in [0, 0.05) is 6.20 Å². The van der Waals surface area contributed by atoms with Crippen LogP contribution in [0.15, 0.2) is 11.1 Å². The highest BCUT2D eigenvalue weighted by Crippen LogP contribution is 2.33. The van der Waals surface area contributed by atoms with E-state index in [9.17, 15) is 22.3 Å². The summed E-state index contributed by atoms with van der Waals surface area (Å²) in [7, 11) is -4.25. The Bertz CT molecular complexity index is 491. The average molecular weight is 350 g/mol. The Morgan fingerprint density at radius 2 is 2.07 bits per heavy atom. The van der Waals surface area contributed by atoms with Gasteiger partial charge >= 0.3 is 0 Å². The van der Waals surface area contributed by atoms with Crippen molar-refractivity contribution < 1.29 is 22.3 Å². The molecule has 0 aliphatic heterocycles. The monoisotopic (exact) mass is 350 g/mol. The van der Waals surface area contributed by atoms with Crippen LogP contribution in [0.25, 0.3) is 0 Å². The Hall–Kier alpha value is -0.550. The van der Waals surface area contributed by atoms with E-state index in [1.807, 2.05) is 0 Å². The molecule has 0 unspecified atom stereocenters. The van der Waals surface area contributed by atoms with Crippen LogP contribution < -0.4 is 5.14 Å². The maximum atomic E-state index is 12.3. The topological polar surface area (TPSA) is 93.3 Å². The molecule has 1 aromatic heterocycles. The number of alkyl halides is 2. The van der Waals surface area contributed by atoms with Crippen LogP contribution in [0, 0.1) is 3.57 Å². The van der Waals surface area contributed by atoms with E-state index in [4.69, 9.17) is 5.14 Å². The maximum absolute atomic E-state index is 12.3. The van der Waals surface area contributed by atoms with Crippen molar-refractivity contribution >= 4 is 32.6 Å². The third-order valence-electron chi connectivity index (χ3n) is 1.48. The lowest BCUT2D eigenvalue weighted by Crippen LogP contribution is -2.15. The SMILES string of the molecule is NS(=O)(=O)c1c(I)cnc(C(F)F)c1O. The first-order valence-corrected chi connectivity index (χ1v) is 6.06. The first-order valence-electron chi connectivity index (χ1n) is 3.43. The van der Waals surface area contributed by atoms with Crippen molar-refractivity contribution in [1.29, 1.82) is 0 Å². The predicted octanol–water partition coefficient (Wildman–Crippen LogP) is 0.977. The van der Waals surface area contributed by atoms with Crippen LogP contribution in [0.2, 0.25) is 0 Å². The smallest absolute Gasteiger partial charge is 0.284 e. The molecule has 0 radical (unpaired) electrons. The van der Waals surface area contributed by atoms with Gasteiger partial charge in [-0.1, -0.05) is 0 Å². The molecular formula is C6H5F2IN2O3S. The molecule has 0 saturated heterocycles. The lowest BCUT2D eigenvalue weighted by Gasteiger charge is -2.08. The number of sulfonamides is 1. The highest BCUT2D eigenvalue weighted by atomic mass is 127. The fraction of sp³-hybridized carbons (Fsp3) is 0.167. The van der Waals surface area contributed by atoms with Gasteiger partial charge < -0.3 is 5.11 Å². The maximum Gasteiger partial charge on any atom is 0.284 e. The summed E-state index contributed by atoms with van der Waals surface area (Å²) < 4.78 is 46.5. The second kappa shape index (κ2) is 4.14. The molecule has 0 spiro atoms. The highest BCUT2D eigenvalue weighted by molar-refractivity contribution is 14.1. The molecule has 0 fully saturated rings. The first kappa shape index (κ1) is 12.5. The Morgan fingerprint density at radius 3 is 2.47 bits per heavy atom. The van der Waals surface area contributed by atoms with E-state index >= 15 is 0 Å². The van der Waals surface area contributed by atoms with Gasteiger partial charge in [0.1, 0.15) is 10.6 Å². The minimum atomic E-state index is -4.25. The second-order valence-corrected chi connectivity index (χ2v) is 5.18. The molecule has 3 N–H and O–H groups in total. The number of hydrogen-bond donors (Lipinski definition) is 2. The Balaban J connectivity index is 3.59. The molecule has 0 atom stereocenters. The summed E-state index contributed by atoms with van der Waals surface area (Å²) in [5.74, 6) is -1.10. The van der Waals surface area contributed by atoms with Crippen molar-refractivity contribution in [2.45, 2.75) is 11.3 Å². The molecule has 9 heteroatoms. The fourth-order valence-electron chi connectivity index (χ4n) is 0.906. The summed E-state index contributed by atoms with van der Waals surface area (Å²) in [4.78, 5) is 2.50. The summed E-state index contributed by atoms with van der Waals surface area (Å²) in [6, 6.07) is 0. The predicted molar refractivity (Wildman–Crippen MR) is 54.9 cm³/mol. The van der Waals surface area contributed by atoms with Gasteiger partial charge in [0.15, 0.2) is 5.75 Å². The number of aromatic nitrogens is 1. The Labute approximate surface area is 97.5 Å². The molecule has 15 heavy (non-hydrogen) atoms. The van der Waals surface area contributed by atoms with E-state index in [0.717, 1.165) is 6.20 Å². The number of primary sulfonamides is 1. The van der Waals surface area contributed by atoms with Gasteiger partial charge in [-0.25, -0.2) is 22.3 Å². The number of rotatable bonds is 2. The number of nitrogens with zero attached hydrogens (tertiary/aromatic N) is 1. The van der Waals surface area contributed by atoms with Crippen LogP contribution in [-0.4, -0.2) is 18.5 Å². The van der Waals surface area contributed by atoms with Crippen molar-refractivity contribution in [3.8, 4) is 5.75 Å².